The first-order valence-electron chi connectivity index (χ1n) is 5.92. The number of nitrogens with two attached hydrogens (primary N) is 1. The van der Waals surface area contributed by atoms with Gasteiger partial charge in [0.05, 0.1) is 23.1 Å². The summed E-state index contributed by atoms with van der Waals surface area (Å²) in [5, 5.41) is 4.66. The van der Waals surface area contributed by atoms with Gasteiger partial charge in [-0.05, 0) is 30.4 Å². The third-order valence-electron chi connectivity index (χ3n) is 3.14. The van der Waals surface area contributed by atoms with Crippen LogP contribution in [0.5, 0.6) is 0 Å². The zero-order chi connectivity index (χ0) is 12.5. The minimum absolute atomic E-state index is 0.516. The van der Waals surface area contributed by atoms with Crippen LogP contribution in [0.2, 0.25) is 0 Å². The van der Waals surface area contributed by atoms with Crippen molar-refractivity contribution in [3.05, 3.63) is 28.9 Å². The van der Waals surface area contributed by atoms with Crippen molar-refractivity contribution in [2.45, 2.75) is 12.5 Å². The zero-order valence-corrected chi connectivity index (χ0v) is 12.2. The van der Waals surface area contributed by atoms with Gasteiger partial charge in [0.2, 0.25) is 0 Å². The Bertz CT molecular complexity index is 576. The molecule has 2 heterocycles. The molecule has 1 aromatic heterocycles. The summed E-state index contributed by atoms with van der Waals surface area (Å²) in [6.07, 6.45) is 2.93. The number of hydrogen-bond acceptors (Lipinski definition) is 4. The first-order valence-corrected chi connectivity index (χ1v) is 7.87. The number of nitrogens with zero attached hydrogens (tertiary/aromatic N) is 1. The summed E-state index contributed by atoms with van der Waals surface area (Å²) in [6.45, 7) is 0. The zero-order valence-electron chi connectivity index (χ0n) is 9.82. The van der Waals surface area contributed by atoms with Crippen molar-refractivity contribution >= 4 is 50.0 Å². The van der Waals surface area contributed by atoms with Crippen LogP contribution in [0.15, 0.2) is 28.9 Å². The number of nitrogens with one attached hydrogen (secondary N) is 1. The summed E-state index contributed by atoms with van der Waals surface area (Å²) in [5.41, 5.74) is 8.78. The molecule has 0 spiro atoms. The molecule has 0 bridgehead atoms. The number of hydrogen-bond donors (Lipinski definition) is 2. The number of pyridine rings is 1. The Morgan fingerprint density at radius 3 is 3.11 bits per heavy atom. The molecule has 0 aliphatic carbocycles. The van der Waals surface area contributed by atoms with Crippen molar-refractivity contribution in [1.29, 1.82) is 0 Å². The lowest BCUT2D eigenvalue weighted by Crippen LogP contribution is -2.19. The van der Waals surface area contributed by atoms with Gasteiger partial charge in [0, 0.05) is 21.7 Å². The summed E-state index contributed by atoms with van der Waals surface area (Å²) in [4.78, 5) is 4.37. The highest BCUT2D eigenvalue weighted by atomic mass is 79.9. The Labute approximate surface area is 119 Å². The van der Waals surface area contributed by atoms with Gasteiger partial charge in [-0.3, -0.25) is 4.98 Å². The molecule has 3 nitrogen and oxygen atoms in total. The van der Waals surface area contributed by atoms with Crippen molar-refractivity contribution in [2.75, 3.05) is 22.6 Å². The van der Waals surface area contributed by atoms with Crippen LogP contribution in [-0.4, -0.2) is 22.5 Å². The predicted molar refractivity (Wildman–Crippen MR) is 83.2 cm³/mol. The maximum atomic E-state index is 6.07. The first-order chi connectivity index (χ1) is 8.74. The number of benzene rings is 1. The highest BCUT2D eigenvalue weighted by molar-refractivity contribution is 9.10. The largest absolute Gasteiger partial charge is 0.396 e. The van der Waals surface area contributed by atoms with Gasteiger partial charge in [-0.25, -0.2) is 0 Å². The van der Waals surface area contributed by atoms with Crippen molar-refractivity contribution in [3.8, 4) is 0 Å². The second-order valence-corrected chi connectivity index (χ2v) is 6.52. The maximum absolute atomic E-state index is 6.07. The van der Waals surface area contributed by atoms with Crippen LogP contribution in [0.4, 0.5) is 11.4 Å². The minimum Gasteiger partial charge on any atom is -0.396 e. The van der Waals surface area contributed by atoms with E-state index >= 15 is 0 Å². The van der Waals surface area contributed by atoms with E-state index in [1.165, 1.54) is 12.2 Å². The monoisotopic (exact) mass is 323 g/mol. The molecule has 0 radical (unpaired) electrons. The van der Waals surface area contributed by atoms with Gasteiger partial charge in [0.1, 0.15) is 0 Å². The number of halogens is 1. The fourth-order valence-corrected chi connectivity index (χ4v) is 3.71. The van der Waals surface area contributed by atoms with Crippen molar-refractivity contribution in [3.63, 3.8) is 0 Å². The lowest BCUT2D eigenvalue weighted by atomic mass is 10.1. The van der Waals surface area contributed by atoms with E-state index in [4.69, 9.17) is 5.73 Å². The molecule has 3 rings (SSSR count). The van der Waals surface area contributed by atoms with Crippen LogP contribution in [0.25, 0.3) is 10.9 Å². The normalized spacial score (nSPS) is 19.3. The number of fused-ring (bicyclic) bond motifs is 1. The fraction of sp³-hybridized carbons (Fsp3) is 0.308. The predicted octanol–water partition coefficient (Wildman–Crippen LogP) is 3.50. The number of aromatic nitrogens is 1. The molecule has 1 atom stereocenters. The van der Waals surface area contributed by atoms with E-state index in [-0.39, 0.29) is 0 Å². The van der Waals surface area contributed by atoms with Gasteiger partial charge in [-0.15, -0.1) is 0 Å². The summed E-state index contributed by atoms with van der Waals surface area (Å²) in [6, 6.07) is 6.60. The highest BCUT2D eigenvalue weighted by Crippen LogP contribution is 2.32. The second kappa shape index (κ2) is 4.97. The topological polar surface area (TPSA) is 50.9 Å². The lowest BCUT2D eigenvalue weighted by Gasteiger charge is -2.17. The second-order valence-electron chi connectivity index (χ2n) is 4.45. The van der Waals surface area contributed by atoms with E-state index in [0.717, 1.165) is 32.5 Å². The third-order valence-corrected chi connectivity index (χ3v) is 4.79. The Kier molecular flexibility index (Phi) is 3.35. The number of thioether (sulfide) groups is 1. The van der Waals surface area contributed by atoms with Crippen molar-refractivity contribution < 1.29 is 0 Å². The highest BCUT2D eigenvalue weighted by Gasteiger charge is 2.17. The lowest BCUT2D eigenvalue weighted by molar-refractivity contribution is 0.814. The van der Waals surface area contributed by atoms with Crippen molar-refractivity contribution in [2.24, 2.45) is 0 Å². The molecule has 3 N–H and O–H groups in total. The molecule has 1 fully saturated rings. The Balaban J connectivity index is 2.07. The minimum atomic E-state index is 0.516. The van der Waals surface area contributed by atoms with Crippen LogP contribution < -0.4 is 11.1 Å². The van der Waals surface area contributed by atoms with E-state index in [2.05, 4.69) is 32.3 Å². The van der Waals surface area contributed by atoms with Crippen molar-refractivity contribution in [1.82, 2.24) is 4.98 Å². The molecule has 1 aliphatic heterocycles. The van der Waals surface area contributed by atoms with E-state index in [1.807, 2.05) is 23.9 Å². The van der Waals surface area contributed by atoms with E-state index in [0.29, 0.717) is 6.04 Å². The molecule has 1 aromatic carbocycles. The third kappa shape index (κ3) is 2.29. The smallest absolute Gasteiger partial charge is 0.0743 e. The number of rotatable bonds is 2. The van der Waals surface area contributed by atoms with Gasteiger partial charge < -0.3 is 11.1 Å². The van der Waals surface area contributed by atoms with E-state index in [9.17, 15) is 0 Å². The van der Waals surface area contributed by atoms with Crippen LogP contribution in [0.1, 0.15) is 6.42 Å². The first kappa shape index (κ1) is 12.1. The van der Waals surface area contributed by atoms with Gasteiger partial charge in [0.25, 0.3) is 0 Å². The molecule has 5 heteroatoms. The molecule has 1 aliphatic rings. The average Bonchev–Trinajstić information content (AvgIpc) is 2.86. The standard InChI is InChI=1S/C13H14BrN3S/c14-8-1-2-12-10(5-8)13(11(15)6-16-12)17-9-3-4-18-7-9/h1-2,5-6,9H,3-4,7,15H2,(H,16,17). The molecule has 1 saturated heterocycles. The molecular formula is C13H14BrN3S. The Hall–Kier alpha value is -0.940. The van der Waals surface area contributed by atoms with Crippen LogP contribution in [0, 0.1) is 0 Å². The Morgan fingerprint density at radius 2 is 2.33 bits per heavy atom. The quantitative estimate of drug-likeness (QED) is 0.888. The molecule has 94 valence electrons. The number of anilines is 2. The average molecular weight is 324 g/mol. The van der Waals surface area contributed by atoms with Gasteiger partial charge in [0.15, 0.2) is 0 Å². The molecule has 0 amide bonds. The molecule has 1 unspecified atom stereocenters. The van der Waals surface area contributed by atoms with Crippen LogP contribution in [0.3, 0.4) is 0 Å². The van der Waals surface area contributed by atoms with Gasteiger partial charge in [-0.1, -0.05) is 15.9 Å². The van der Waals surface area contributed by atoms with Crippen LogP contribution in [-0.2, 0) is 0 Å². The van der Waals surface area contributed by atoms with E-state index < -0.39 is 0 Å². The SMILES string of the molecule is Nc1cnc2ccc(Br)cc2c1NC1CCSC1. The summed E-state index contributed by atoms with van der Waals surface area (Å²) >= 11 is 5.49. The van der Waals surface area contributed by atoms with Gasteiger partial charge >= 0.3 is 0 Å². The number of nitrogen functional groups attached to an aromatic ring is 1. The molecular weight excluding hydrogens is 310 g/mol. The fourth-order valence-electron chi connectivity index (χ4n) is 2.19. The van der Waals surface area contributed by atoms with Gasteiger partial charge in [-0.2, -0.15) is 11.8 Å². The Morgan fingerprint density at radius 1 is 1.44 bits per heavy atom. The molecule has 2 aromatic rings. The molecule has 18 heavy (non-hydrogen) atoms. The van der Waals surface area contributed by atoms with Crippen LogP contribution >= 0.6 is 27.7 Å². The summed E-state index contributed by atoms with van der Waals surface area (Å²) < 4.78 is 1.05. The maximum Gasteiger partial charge on any atom is 0.0743 e. The molecule has 0 saturated carbocycles. The summed E-state index contributed by atoms with van der Waals surface area (Å²) in [7, 11) is 0. The summed E-state index contributed by atoms with van der Waals surface area (Å²) in [5.74, 6) is 2.38. The van der Waals surface area contributed by atoms with E-state index in [1.54, 1.807) is 6.20 Å².